The fourth-order valence-electron chi connectivity index (χ4n) is 1.54. The minimum Gasteiger partial charge on any atom is -0.479 e. The van der Waals surface area contributed by atoms with Crippen LogP contribution in [0.3, 0.4) is 0 Å². The Labute approximate surface area is 95.5 Å². The van der Waals surface area contributed by atoms with E-state index in [1.807, 2.05) is 0 Å². The van der Waals surface area contributed by atoms with Crippen molar-refractivity contribution in [3.05, 3.63) is 35.4 Å². The van der Waals surface area contributed by atoms with Gasteiger partial charge in [0.15, 0.2) is 6.10 Å². The van der Waals surface area contributed by atoms with Crippen LogP contribution in [-0.4, -0.2) is 22.3 Å². The monoisotopic (exact) mass is 248 g/mol. The van der Waals surface area contributed by atoms with Gasteiger partial charge < -0.3 is 10.2 Å². The van der Waals surface area contributed by atoms with E-state index in [9.17, 15) is 23.1 Å². The zero-order valence-corrected chi connectivity index (χ0v) is 8.90. The number of benzene rings is 1. The van der Waals surface area contributed by atoms with Crippen LogP contribution in [0.2, 0.25) is 0 Å². The van der Waals surface area contributed by atoms with E-state index in [2.05, 4.69) is 0 Å². The maximum Gasteiger partial charge on any atom is 0.416 e. The third-order valence-electron chi connectivity index (χ3n) is 2.48. The largest absolute Gasteiger partial charge is 0.479 e. The molecule has 1 aromatic rings. The highest BCUT2D eigenvalue weighted by Gasteiger charge is 2.36. The van der Waals surface area contributed by atoms with E-state index in [0.29, 0.717) is 0 Å². The molecule has 0 saturated carbocycles. The normalized spacial score (nSPS) is 15.4. The van der Waals surface area contributed by atoms with Gasteiger partial charge in [-0.25, -0.2) is 4.79 Å². The van der Waals surface area contributed by atoms with Crippen LogP contribution in [0.1, 0.15) is 24.0 Å². The lowest BCUT2D eigenvalue weighted by molar-refractivity contribution is -0.148. The van der Waals surface area contributed by atoms with Crippen LogP contribution in [0, 0.1) is 0 Å². The van der Waals surface area contributed by atoms with Gasteiger partial charge in [-0.05, 0) is 11.6 Å². The molecule has 6 heteroatoms. The van der Waals surface area contributed by atoms with Crippen molar-refractivity contribution in [2.45, 2.75) is 25.1 Å². The van der Waals surface area contributed by atoms with Gasteiger partial charge in [0.05, 0.1) is 5.56 Å². The van der Waals surface area contributed by atoms with Gasteiger partial charge in [-0.1, -0.05) is 25.1 Å². The van der Waals surface area contributed by atoms with Crippen molar-refractivity contribution in [2.24, 2.45) is 0 Å². The first-order chi connectivity index (χ1) is 7.75. The topological polar surface area (TPSA) is 57.5 Å². The summed E-state index contributed by atoms with van der Waals surface area (Å²) in [5, 5.41) is 17.8. The molecule has 3 nitrogen and oxygen atoms in total. The van der Waals surface area contributed by atoms with Gasteiger partial charge in [-0.2, -0.15) is 13.2 Å². The Bertz CT molecular complexity index is 415. The lowest BCUT2D eigenvalue weighted by atomic mass is 9.91. The molecule has 2 N–H and O–H groups in total. The van der Waals surface area contributed by atoms with E-state index in [1.165, 1.54) is 25.1 Å². The number of carboxylic acids is 1. The van der Waals surface area contributed by atoms with Gasteiger partial charge >= 0.3 is 12.1 Å². The number of hydrogen-bond donors (Lipinski definition) is 2. The lowest BCUT2D eigenvalue weighted by Crippen LogP contribution is -2.27. The van der Waals surface area contributed by atoms with E-state index >= 15 is 0 Å². The van der Waals surface area contributed by atoms with Crippen LogP contribution in [-0.2, 0) is 11.0 Å². The number of aliphatic hydroxyl groups is 1. The zero-order valence-electron chi connectivity index (χ0n) is 8.90. The van der Waals surface area contributed by atoms with Crippen molar-refractivity contribution in [3.8, 4) is 0 Å². The molecule has 0 aliphatic carbocycles. The molecule has 2 unspecified atom stereocenters. The van der Waals surface area contributed by atoms with Gasteiger partial charge in [0.25, 0.3) is 0 Å². The van der Waals surface area contributed by atoms with Crippen molar-refractivity contribution in [1.29, 1.82) is 0 Å². The molecular formula is C11H11F3O3. The molecule has 0 saturated heterocycles. The Morgan fingerprint density at radius 3 is 2.29 bits per heavy atom. The molecule has 1 rings (SSSR count). The molecule has 0 aliphatic heterocycles. The second-order valence-corrected chi connectivity index (χ2v) is 3.66. The number of aliphatic hydroxyl groups excluding tert-OH is 1. The van der Waals surface area contributed by atoms with Gasteiger partial charge in [0, 0.05) is 5.92 Å². The number of carboxylic acid groups (broad SMARTS) is 1. The van der Waals surface area contributed by atoms with Crippen LogP contribution < -0.4 is 0 Å². The molecule has 0 heterocycles. The highest BCUT2D eigenvalue weighted by Crippen LogP contribution is 2.35. The number of rotatable bonds is 3. The highest BCUT2D eigenvalue weighted by molar-refractivity contribution is 5.73. The van der Waals surface area contributed by atoms with Crippen LogP contribution >= 0.6 is 0 Å². The average Bonchev–Trinajstić information content (AvgIpc) is 2.25. The summed E-state index contributed by atoms with van der Waals surface area (Å²) in [6, 6.07) is 4.61. The fourth-order valence-corrected chi connectivity index (χ4v) is 1.54. The first kappa shape index (κ1) is 13.5. The third kappa shape index (κ3) is 2.97. The van der Waals surface area contributed by atoms with Crippen LogP contribution in [0.15, 0.2) is 24.3 Å². The average molecular weight is 248 g/mol. The van der Waals surface area contributed by atoms with E-state index in [0.717, 1.165) is 6.07 Å². The molecule has 0 bridgehead atoms. The molecule has 0 radical (unpaired) electrons. The maximum atomic E-state index is 12.6. The Kier molecular flexibility index (Phi) is 3.77. The van der Waals surface area contributed by atoms with E-state index < -0.39 is 29.7 Å². The van der Waals surface area contributed by atoms with E-state index in [-0.39, 0.29) is 5.56 Å². The minimum atomic E-state index is -4.57. The fraction of sp³-hybridized carbons (Fsp3) is 0.364. The van der Waals surface area contributed by atoms with E-state index in [4.69, 9.17) is 5.11 Å². The maximum absolute atomic E-state index is 12.6. The minimum absolute atomic E-state index is 0.227. The summed E-state index contributed by atoms with van der Waals surface area (Å²) in [6.45, 7) is 1.24. The molecule has 0 amide bonds. The lowest BCUT2D eigenvalue weighted by Gasteiger charge is -2.20. The predicted molar refractivity (Wildman–Crippen MR) is 53.5 cm³/mol. The summed E-state index contributed by atoms with van der Waals surface area (Å²) in [5.74, 6) is -2.68. The number of hydrogen-bond acceptors (Lipinski definition) is 2. The SMILES string of the molecule is CC(c1ccccc1C(F)(F)F)C(O)C(=O)O. The first-order valence-corrected chi connectivity index (χ1v) is 4.82. The molecule has 17 heavy (non-hydrogen) atoms. The summed E-state index contributed by atoms with van der Waals surface area (Å²) in [4.78, 5) is 10.5. The van der Waals surface area contributed by atoms with Gasteiger partial charge in [-0.3, -0.25) is 0 Å². The van der Waals surface area contributed by atoms with Crippen LogP contribution in [0.5, 0.6) is 0 Å². The van der Waals surface area contributed by atoms with Crippen molar-refractivity contribution < 1.29 is 28.2 Å². The Morgan fingerprint density at radius 1 is 1.29 bits per heavy atom. The van der Waals surface area contributed by atoms with Crippen molar-refractivity contribution in [1.82, 2.24) is 0 Å². The molecule has 0 spiro atoms. The zero-order chi connectivity index (χ0) is 13.2. The second kappa shape index (κ2) is 4.75. The summed E-state index contributed by atoms with van der Waals surface area (Å²) < 4.78 is 37.9. The van der Waals surface area contributed by atoms with Crippen molar-refractivity contribution in [3.63, 3.8) is 0 Å². The predicted octanol–water partition coefficient (Wildman–Crippen LogP) is 2.25. The van der Waals surface area contributed by atoms with Gasteiger partial charge in [0.1, 0.15) is 0 Å². The molecule has 0 aromatic heterocycles. The van der Waals surface area contributed by atoms with Gasteiger partial charge in [0.2, 0.25) is 0 Å². The summed E-state index contributed by atoms with van der Waals surface area (Å²) in [6.07, 6.45) is -6.43. The molecule has 2 atom stereocenters. The van der Waals surface area contributed by atoms with Crippen LogP contribution in [0.25, 0.3) is 0 Å². The smallest absolute Gasteiger partial charge is 0.416 e. The Balaban J connectivity index is 3.18. The quantitative estimate of drug-likeness (QED) is 0.862. The number of alkyl halides is 3. The molecule has 0 fully saturated rings. The molecule has 94 valence electrons. The van der Waals surface area contributed by atoms with Crippen molar-refractivity contribution in [2.75, 3.05) is 0 Å². The number of aliphatic carboxylic acids is 1. The third-order valence-corrected chi connectivity index (χ3v) is 2.48. The molecular weight excluding hydrogens is 237 g/mol. The highest BCUT2D eigenvalue weighted by atomic mass is 19.4. The Hall–Kier alpha value is -1.56. The summed E-state index contributed by atoms with van der Waals surface area (Å²) in [5.41, 5.74) is -1.15. The van der Waals surface area contributed by atoms with Crippen LogP contribution in [0.4, 0.5) is 13.2 Å². The Morgan fingerprint density at radius 2 is 1.82 bits per heavy atom. The van der Waals surface area contributed by atoms with Crippen molar-refractivity contribution >= 4 is 5.97 Å². The molecule has 0 aliphatic rings. The number of halogens is 3. The number of carbonyl (C=O) groups is 1. The summed E-state index contributed by atoms with van der Waals surface area (Å²) >= 11 is 0. The first-order valence-electron chi connectivity index (χ1n) is 4.82. The second-order valence-electron chi connectivity index (χ2n) is 3.66. The molecule has 1 aromatic carbocycles. The standard InChI is InChI=1S/C11H11F3O3/c1-6(9(15)10(16)17)7-4-2-3-5-8(7)11(12,13)14/h2-6,9,15H,1H3,(H,16,17). The van der Waals surface area contributed by atoms with Gasteiger partial charge in [-0.15, -0.1) is 0 Å². The van der Waals surface area contributed by atoms with E-state index in [1.54, 1.807) is 0 Å². The summed E-state index contributed by atoms with van der Waals surface area (Å²) in [7, 11) is 0.